The van der Waals surface area contributed by atoms with Crippen molar-refractivity contribution in [2.75, 3.05) is 31.6 Å². The fourth-order valence-corrected chi connectivity index (χ4v) is 10.0. The Morgan fingerprint density at radius 1 is 0.978 bits per heavy atom. The second-order valence-electron chi connectivity index (χ2n) is 14.2. The molecule has 0 unspecified atom stereocenters. The second kappa shape index (κ2) is 14.3. The summed E-state index contributed by atoms with van der Waals surface area (Å²) in [5.74, 6) is -5.11. The molecule has 0 aliphatic heterocycles. The molecule has 0 bridgehead atoms. The number of sulfone groups is 1. The van der Waals surface area contributed by atoms with Gasteiger partial charge in [-0.15, -0.1) is 0 Å². The van der Waals surface area contributed by atoms with Gasteiger partial charge in [-0.2, -0.15) is 22.0 Å². The number of aromatic hydroxyl groups is 1. The van der Waals surface area contributed by atoms with Gasteiger partial charge in [-0.25, -0.2) is 12.8 Å². The van der Waals surface area contributed by atoms with Crippen LogP contribution in [0.1, 0.15) is 94.6 Å². The van der Waals surface area contributed by atoms with Crippen LogP contribution in [0.5, 0.6) is 5.75 Å². The molecular formula is C33H49F6NO4S. The number of hydrogen-bond acceptors (Lipinski definition) is 5. The number of phenols is 1. The third-order valence-electron chi connectivity index (χ3n) is 11.0. The molecule has 4 rings (SSSR count). The van der Waals surface area contributed by atoms with Crippen molar-refractivity contribution in [3.8, 4) is 5.75 Å². The van der Waals surface area contributed by atoms with Gasteiger partial charge in [-0.05, 0) is 124 Å². The minimum atomic E-state index is -5.67. The Hall–Kier alpha value is -1.53. The highest BCUT2D eigenvalue weighted by molar-refractivity contribution is 7.91. The van der Waals surface area contributed by atoms with Gasteiger partial charge >= 0.3 is 12.1 Å². The maximum atomic E-state index is 15.9. The normalized spacial score (nSPS) is 30.3. The summed E-state index contributed by atoms with van der Waals surface area (Å²) in [4.78, 5) is 2.10. The molecule has 1 aromatic carbocycles. The first-order valence-electron chi connectivity index (χ1n) is 16.4. The molecule has 0 spiro atoms. The fourth-order valence-electron chi connectivity index (χ4n) is 8.57. The van der Waals surface area contributed by atoms with Gasteiger partial charge in [0.2, 0.25) is 0 Å². The number of alkyl halides is 6. The summed E-state index contributed by atoms with van der Waals surface area (Å²) in [7, 11) is -1.76. The molecule has 3 aliphatic carbocycles. The number of hydrogen-bond donors (Lipinski definition) is 2. The molecule has 12 heteroatoms. The van der Waals surface area contributed by atoms with Gasteiger partial charge < -0.3 is 15.1 Å². The first-order chi connectivity index (χ1) is 20.9. The summed E-state index contributed by atoms with van der Waals surface area (Å²) in [6, 6.07) is 5.33. The van der Waals surface area contributed by atoms with Crippen LogP contribution in [0.15, 0.2) is 18.2 Å². The first-order valence-corrected chi connectivity index (χ1v) is 18.2. The molecule has 0 heterocycles. The molecule has 7 atom stereocenters. The summed E-state index contributed by atoms with van der Waals surface area (Å²) >= 11 is 0. The van der Waals surface area contributed by atoms with Crippen molar-refractivity contribution >= 4 is 9.84 Å². The van der Waals surface area contributed by atoms with E-state index in [4.69, 9.17) is 0 Å². The molecule has 0 amide bonds. The predicted octanol–water partition coefficient (Wildman–Crippen LogP) is 7.45. The van der Waals surface area contributed by atoms with E-state index in [2.05, 4.69) is 11.8 Å². The molecular weight excluding hydrogens is 620 g/mol. The lowest BCUT2D eigenvalue weighted by atomic mass is 9.51. The Morgan fingerprint density at radius 2 is 1.64 bits per heavy atom. The van der Waals surface area contributed by atoms with Crippen molar-refractivity contribution in [3.63, 3.8) is 0 Å². The Bertz CT molecular complexity index is 1240. The van der Waals surface area contributed by atoms with Gasteiger partial charge in [-0.1, -0.05) is 25.8 Å². The molecule has 2 saturated carbocycles. The zero-order valence-electron chi connectivity index (χ0n) is 26.3. The van der Waals surface area contributed by atoms with Crippen LogP contribution in [0.2, 0.25) is 0 Å². The van der Waals surface area contributed by atoms with Crippen LogP contribution in [0.4, 0.5) is 26.3 Å². The maximum absolute atomic E-state index is 15.9. The summed E-state index contributed by atoms with van der Waals surface area (Å²) in [6.07, 6.45) is -1.93. The number of aliphatic hydroxyl groups excluding tert-OH is 1. The van der Waals surface area contributed by atoms with E-state index in [0.717, 1.165) is 56.2 Å². The van der Waals surface area contributed by atoms with E-state index in [1.165, 1.54) is 0 Å². The van der Waals surface area contributed by atoms with E-state index in [-0.39, 0.29) is 35.2 Å². The number of phenolic OH excluding ortho intramolecular Hbond substituents is 1. The largest absolute Gasteiger partial charge is 0.508 e. The van der Waals surface area contributed by atoms with Crippen LogP contribution in [0.25, 0.3) is 0 Å². The molecule has 2 N–H and O–H groups in total. The van der Waals surface area contributed by atoms with Crippen LogP contribution in [-0.4, -0.2) is 79.5 Å². The lowest BCUT2D eigenvalue weighted by Gasteiger charge is -2.54. The van der Waals surface area contributed by atoms with Gasteiger partial charge in [0.25, 0.3) is 0 Å². The number of halogens is 6. The molecule has 258 valence electrons. The molecule has 2 fully saturated rings. The van der Waals surface area contributed by atoms with Crippen LogP contribution in [0, 0.1) is 23.2 Å². The lowest BCUT2D eigenvalue weighted by Crippen LogP contribution is -2.51. The van der Waals surface area contributed by atoms with Gasteiger partial charge in [0.05, 0.1) is 17.6 Å². The van der Waals surface area contributed by atoms with E-state index in [1.54, 1.807) is 12.1 Å². The average molecular weight is 670 g/mol. The van der Waals surface area contributed by atoms with Gasteiger partial charge in [0.15, 0.2) is 0 Å². The van der Waals surface area contributed by atoms with Crippen molar-refractivity contribution in [1.29, 1.82) is 0 Å². The number of fused-ring (bicyclic) bond motifs is 5. The lowest BCUT2D eigenvalue weighted by molar-refractivity contribution is -0.284. The third-order valence-corrected chi connectivity index (χ3v) is 12.8. The molecule has 0 radical (unpaired) electrons. The first kappa shape index (κ1) is 36.3. The minimum Gasteiger partial charge on any atom is -0.508 e. The summed E-state index contributed by atoms with van der Waals surface area (Å²) in [5.41, 5.74) is 1.64. The van der Waals surface area contributed by atoms with Crippen LogP contribution in [-0.2, 0) is 16.3 Å². The summed E-state index contributed by atoms with van der Waals surface area (Å²) in [5, 5.41) is 21.0. The predicted molar refractivity (Wildman–Crippen MR) is 162 cm³/mol. The zero-order valence-corrected chi connectivity index (χ0v) is 27.2. The Labute approximate surface area is 263 Å². The Kier molecular flexibility index (Phi) is 11.5. The number of aliphatic hydroxyl groups is 1. The molecule has 5 nitrogen and oxygen atoms in total. The monoisotopic (exact) mass is 669 g/mol. The van der Waals surface area contributed by atoms with Crippen LogP contribution < -0.4 is 0 Å². The number of rotatable bonds is 15. The van der Waals surface area contributed by atoms with E-state index >= 15 is 4.39 Å². The molecule has 3 aliphatic rings. The highest BCUT2D eigenvalue weighted by Gasteiger charge is 2.60. The van der Waals surface area contributed by atoms with Gasteiger partial charge in [0.1, 0.15) is 21.8 Å². The van der Waals surface area contributed by atoms with E-state index in [1.807, 2.05) is 13.1 Å². The van der Waals surface area contributed by atoms with Crippen LogP contribution >= 0.6 is 0 Å². The van der Waals surface area contributed by atoms with Crippen molar-refractivity contribution in [2.45, 2.75) is 114 Å². The van der Waals surface area contributed by atoms with Gasteiger partial charge in [-0.3, -0.25) is 0 Å². The highest BCUT2D eigenvalue weighted by Crippen LogP contribution is 2.63. The SMILES string of the molecule is CN(CCCCC[C@@H]1Cc2cc(O)ccc2[C@@H]2[C@@H]1[C@@H]1CC[C@H](O)[C@@]1(C)C[C@@H]2F)CCCCS(=O)(=O)CCCC(F)(F)C(F)(F)F. The molecule has 1 aromatic rings. The van der Waals surface area contributed by atoms with Gasteiger partial charge in [0, 0.05) is 12.3 Å². The van der Waals surface area contributed by atoms with E-state index < -0.39 is 58.2 Å². The minimum absolute atomic E-state index is 0.160. The third kappa shape index (κ3) is 8.50. The number of unbranched alkanes of at least 4 members (excludes halogenated alkanes) is 3. The van der Waals surface area contributed by atoms with Crippen molar-refractivity contribution < 1.29 is 45.0 Å². The van der Waals surface area contributed by atoms with E-state index in [0.29, 0.717) is 32.2 Å². The Morgan fingerprint density at radius 3 is 2.33 bits per heavy atom. The molecule has 0 aromatic heterocycles. The molecule has 0 saturated heterocycles. The quantitative estimate of drug-likeness (QED) is 0.150. The standard InChI is InChI=1S/C33H49F6NO4S/c1-31-21-27(34)30-25-11-10-24(41)20-23(25)19-22(29(30)26(31)12-13-28(31)42)9-4-3-5-15-40(2)16-6-7-17-45(43,44)18-8-14-32(35,36)33(37,38)39/h10-11,20,22,26-30,41-42H,3-9,12-19,21H2,1-2H3/t22-,26+,27+,28+,29+,30+,31+/m1/s1. The zero-order chi connectivity index (χ0) is 33.2. The average Bonchev–Trinajstić information content (AvgIpc) is 3.22. The number of nitrogens with zero attached hydrogens (tertiary/aromatic N) is 1. The van der Waals surface area contributed by atoms with E-state index in [9.17, 15) is 40.6 Å². The van der Waals surface area contributed by atoms with Crippen molar-refractivity contribution in [1.82, 2.24) is 4.90 Å². The molecule has 45 heavy (non-hydrogen) atoms. The maximum Gasteiger partial charge on any atom is 0.453 e. The highest BCUT2D eigenvalue weighted by atomic mass is 32.2. The summed E-state index contributed by atoms with van der Waals surface area (Å²) in [6.45, 7) is 3.52. The fraction of sp³-hybridized carbons (Fsp3) is 0.818. The Balaban J connectivity index is 1.19. The smallest absolute Gasteiger partial charge is 0.453 e. The van der Waals surface area contributed by atoms with Crippen molar-refractivity contribution in [2.24, 2.45) is 23.2 Å². The topological polar surface area (TPSA) is 77.8 Å². The summed E-state index contributed by atoms with van der Waals surface area (Å²) < 4.78 is 103. The second-order valence-corrected chi connectivity index (χ2v) is 16.5. The van der Waals surface area contributed by atoms with Crippen LogP contribution in [0.3, 0.4) is 0 Å². The number of benzene rings is 1. The van der Waals surface area contributed by atoms with Crippen molar-refractivity contribution in [3.05, 3.63) is 29.3 Å².